The van der Waals surface area contributed by atoms with Crippen LogP contribution in [0.3, 0.4) is 0 Å². The van der Waals surface area contributed by atoms with E-state index >= 15 is 0 Å². The molecule has 4 aromatic rings. The molecule has 1 aromatic heterocycles. The molecule has 0 saturated carbocycles. The Kier molecular flexibility index (Phi) is 5.93. The quantitative estimate of drug-likeness (QED) is 0.384. The Morgan fingerprint density at radius 1 is 1.00 bits per heavy atom. The molecule has 0 atom stereocenters. The molecule has 2 amide bonds. The van der Waals surface area contributed by atoms with Gasteiger partial charge in [-0.25, -0.2) is 4.99 Å². The van der Waals surface area contributed by atoms with Crippen molar-refractivity contribution >= 4 is 51.4 Å². The monoisotopic (exact) mass is 512 g/mol. The summed E-state index contributed by atoms with van der Waals surface area (Å²) in [6.45, 7) is 2.09. The predicted molar refractivity (Wildman–Crippen MR) is 145 cm³/mol. The van der Waals surface area contributed by atoms with Crippen LogP contribution < -0.4 is 21.5 Å². The molecule has 0 saturated heterocycles. The molecule has 7 nitrogen and oxygen atoms in total. The van der Waals surface area contributed by atoms with Crippen LogP contribution in [-0.2, 0) is 12.8 Å². The van der Waals surface area contributed by atoms with Crippen molar-refractivity contribution in [1.29, 1.82) is 0 Å². The summed E-state index contributed by atoms with van der Waals surface area (Å²) in [4.78, 5) is 32.3. The lowest BCUT2D eigenvalue weighted by atomic mass is 9.90. The Morgan fingerprint density at radius 3 is 2.62 bits per heavy atom. The van der Waals surface area contributed by atoms with Crippen molar-refractivity contribution in [3.63, 3.8) is 0 Å². The molecule has 0 spiro atoms. The Balaban J connectivity index is 1.56. The first-order chi connectivity index (χ1) is 18.0. The lowest BCUT2D eigenvalue weighted by Gasteiger charge is -2.37. The van der Waals surface area contributed by atoms with E-state index in [0.717, 1.165) is 49.7 Å². The van der Waals surface area contributed by atoms with Gasteiger partial charge in [-0.15, -0.1) is 0 Å². The number of hydrogen-bond donors (Lipinski definition) is 2. The van der Waals surface area contributed by atoms with Gasteiger partial charge in [-0.05, 0) is 79.8 Å². The largest absolute Gasteiger partial charge is 0.437 e. The minimum absolute atomic E-state index is 0.165. The van der Waals surface area contributed by atoms with Gasteiger partial charge in [0.15, 0.2) is 0 Å². The number of amides is 2. The SMILES string of the molecule is NC(=O)c1cccc(N=c2oc3c4c5c(cc3cc2C(=O)Nc2cccc(Cl)c2)CCCN5CCC4)c1. The Hall–Kier alpha value is -4.10. The maximum Gasteiger partial charge on any atom is 0.261 e. The summed E-state index contributed by atoms with van der Waals surface area (Å²) in [5.74, 6) is -0.923. The lowest BCUT2D eigenvalue weighted by molar-refractivity contribution is 0.0997. The van der Waals surface area contributed by atoms with E-state index in [9.17, 15) is 9.59 Å². The number of aryl methyl sites for hydroxylation is 2. The molecular formula is C29H25ClN4O3. The molecule has 2 aliphatic heterocycles. The maximum absolute atomic E-state index is 13.5. The third-order valence-corrected chi connectivity index (χ3v) is 7.15. The van der Waals surface area contributed by atoms with Crippen molar-refractivity contribution in [3.05, 3.63) is 93.5 Å². The molecule has 0 bridgehead atoms. The Bertz CT molecular complexity index is 1640. The number of benzene rings is 3. The number of carbonyl (C=O) groups excluding carboxylic acids is 2. The number of anilines is 2. The summed E-state index contributed by atoms with van der Waals surface area (Å²) in [6.07, 6.45) is 4.07. The Morgan fingerprint density at radius 2 is 1.81 bits per heavy atom. The van der Waals surface area contributed by atoms with Crippen molar-refractivity contribution in [2.24, 2.45) is 10.7 Å². The molecule has 6 rings (SSSR count). The second-order valence-electron chi connectivity index (χ2n) is 9.43. The number of halogens is 1. The molecule has 3 heterocycles. The highest BCUT2D eigenvalue weighted by atomic mass is 35.5. The van der Waals surface area contributed by atoms with Crippen LogP contribution in [0.25, 0.3) is 11.0 Å². The van der Waals surface area contributed by atoms with Gasteiger partial charge >= 0.3 is 0 Å². The van der Waals surface area contributed by atoms with E-state index in [1.54, 1.807) is 48.5 Å². The molecule has 3 N–H and O–H groups in total. The maximum atomic E-state index is 13.5. The fourth-order valence-electron chi connectivity index (χ4n) is 5.31. The second kappa shape index (κ2) is 9.41. The number of carbonyl (C=O) groups is 2. The van der Waals surface area contributed by atoms with Crippen LogP contribution in [0.15, 0.2) is 70.1 Å². The fraction of sp³-hybridized carbons (Fsp3) is 0.207. The first-order valence-corrected chi connectivity index (χ1v) is 12.7. The van der Waals surface area contributed by atoms with Crippen LogP contribution in [-0.4, -0.2) is 24.9 Å². The van der Waals surface area contributed by atoms with Crippen LogP contribution in [0.1, 0.15) is 44.7 Å². The van der Waals surface area contributed by atoms with E-state index in [4.69, 9.17) is 21.8 Å². The highest BCUT2D eigenvalue weighted by Gasteiger charge is 2.27. The highest BCUT2D eigenvalue weighted by molar-refractivity contribution is 6.31. The van der Waals surface area contributed by atoms with Crippen molar-refractivity contribution in [3.8, 4) is 0 Å². The fourth-order valence-corrected chi connectivity index (χ4v) is 5.50. The zero-order valence-corrected chi connectivity index (χ0v) is 20.8. The van der Waals surface area contributed by atoms with Gasteiger partial charge in [-0.1, -0.05) is 23.7 Å². The van der Waals surface area contributed by atoms with E-state index in [2.05, 4.69) is 21.3 Å². The summed E-state index contributed by atoms with van der Waals surface area (Å²) >= 11 is 6.12. The van der Waals surface area contributed by atoms with Crippen LogP contribution in [0.4, 0.5) is 17.1 Å². The van der Waals surface area contributed by atoms with Crippen LogP contribution in [0.5, 0.6) is 0 Å². The third-order valence-electron chi connectivity index (χ3n) is 6.92. The van der Waals surface area contributed by atoms with Crippen molar-refractivity contribution < 1.29 is 14.0 Å². The average molecular weight is 513 g/mol. The van der Waals surface area contributed by atoms with Crippen molar-refractivity contribution in [2.75, 3.05) is 23.3 Å². The van der Waals surface area contributed by atoms with Gasteiger partial charge in [0, 0.05) is 46.0 Å². The molecule has 2 aliphatic rings. The molecular weight excluding hydrogens is 488 g/mol. The summed E-state index contributed by atoms with van der Waals surface area (Å²) in [5, 5.41) is 4.29. The first-order valence-electron chi connectivity index (χ1n) is 12.4. The summed E-state index contributed by atoms with van der Waals surface area (Å²) in [5.41, 5.74) is 11.7. The molecule has 0 aliphatic carbocycles. The number of rotatable bonds is 4. The second-order valence-corrected chi connectivity index (χ2v) is 9.87. The summed E-state index contributed by atoms with van der Waals surface area (Å²) < 4.78 is 6.45. The van der Waals surface area contributed by atoms with E-state index in [1.807, 2.05) is 6.07 Å². The number of nitrogens with zero attached hydrogens (tertiary/aromatic N) is 2. The van der Waals surface area contributed by atoms with E-state index in [1.165, 1.54) is 16.8 Å². The van der Waals surface area contributed by atoms with Gasteiger partial charge in [0.05, 0.1) is 5.69 Å². The highest BCUT2D eigenvalue weighted by Crippen LogP contribution is 2.39. The first kappa shape index (κ1) is 23.3. The zero-order valence-electron chi connectivity index (χ0n) is 20.1. The van der Waals surface area contributed by atoms with Crippen LogP contribution in [0.2, 0.25) is 5.02 Å². The summed E-state index contributed by atoms with van der Waals surface area (Å²) in [6, 6.07) is 17.6. The molecule has 0 fully saturated rings. The van der Waals surface area contributed by atoms with Crippen molar-refractivity contribution in [1.82, 2.24) is 0 Å². The topological polar surface area (TPSA) is 101 Å². The molecule has 0 radical (unpaired) electrons. The number of nitrogens with two attached hydrogens (primary N) is 1. The number of fused-ring (bicyclic) bond motifs is 2. The van der Waals surface area contributed by atoms with Gasteiger partial charge in [-0.3, -0.25) is 9.59 Å². The van der Waals surface area contributed by atoms with Crippen molar-refractivity contribution in [2.45, 2.75) is 25.7 Å². The van der Waals surface area contributed by atoms with Gasteiger partial charge in [0.2, 0.25) is 11.5 Å². The molecule has 8 heteroatoms. The minimum atomic E-state index is -0.553. The third kappa shape index (κ3) is 4.47. The normalized spacial score (nSPS) is 14.9. The average Bonchev–Trinajstić information content (AvgIpc) is 2.89. The summed E-state index contributed by atoms with van der Waals surface area (Å²) in [7, 11) is 0. The van der Waals surface area contributed by atoms with E-state index in [-0.39, 0.29) is 17.0 Å². The predicted octanol–water partition coefficient (Wildman–Crippen LogP) is 5.37. The molecule has 186 valence electrons. The van der Waals surface area contributed by atoms with Gasteiger partial charge in [0.1, 0.15) is 11.1 Å². The molecule has 0 unspecified atom stereocenters. The standard InChI is InChI=1S/C29H25ClN4O3/c30-20-7-2-9-22(16-20)32-28(36)24-15-19-13-17-6-3-11-34-12-4-10-23(25(17)34)26(19)37-29(24)33-21-8-1-5-18(14-21)27(31)35/h1-2,5,7-9,13-16H,3-4,6,10-12H2,(H2,31,35)(H,32,36). The minimum Gasteiger partial charge on any atom is -0.437 e. The number of primary amides is 1. The Labute approximate surface area is 218 Å². The van der Waals surface area contributed by atoms with Crippen LogP contribution in [0, 0.1) is 0 Å². The van der Waals surface area contributed by atoms with Gasteiger partial charge in [-0.2, -0.15) is 0 Å². The van der Waals surface area contributed by atoms with Gasteiger partial charge < -0.3 is 20.4 Å². The zero-order chi connectivity index (χ0) is 25.5. The smallest absolute Gasteiger partial charge is 0.261 e. The van der Waals surface area contributed by atoms with Crippen LogP contribution >= 0.6 is 11.6 Å². The number of nitrogens with one attached hydrogen (secondary N) is 1. The van der Waals surface area contributed by atoms with Gasteiger partial charge in [0.25, 0.3) is 5.91 Å². The number of hydrogen-bond acceptors (Lipinski definition) is 5. The molecule has 3 aromatic carbocycles. The van der Waals surface area contributed by atoms with E-state index < -0.39 is 5.91 Å². The lowest BCUT2D eigenvalue weighted by Crippen LogP contribution is -2.34. The van der Waals surface area contributed by atoms with E-state index in [0.29, 0.717) is 22.0 Å². The molecule has 37 heavy (non-hydrogen) atoms.